The number of nitrogens with one attached hydrogen (secondary N) is 1. The van der Waals surface area contributed by atoms with Crippen LogP contribution >= 0.6 is 0 Å². The van der Waals surface area contributed by atoms with Crippen LogP contribution in [-0.4, -0.2) is 36.3 Å². The molecular weight excluding hydrogens is 271 g/mol. The van der Waals surface area contributed by atoms with E-state index in [4.69, 9.17) is 0 Å². The number of likely N-dealkylation sites (tertiary alicyclic amines) is 1. The zero-order valence-electron chi connectivity index (χ0n) is 12.1. The Morgan fingerprint density at radius 3 is 2.71 bits per heavy atom. The number of nitrogens with zero attached hydrogens (tertiary/aromatic N) is 1. The second-order valence-corrected chi connectivity index (χ2v) is 5.35. The molecule has 0 aromatic heterocycles. The van der Waals surface area contributed by atoms with Crippen LogP contribution in [0.15, 0.2) is 24.3 Å². The van der Waals surface area contributed by atoms with Gasteiger partial charge in [0.2, 0.25) is 11.8 Å². The minimum Gasteiger partial charge on any atom is -0.354 e. The maximum Gasteiger partial charge on any atom is 0.239 e. The number of halogens is 1. The van der Waals surface area contributed by atoms with Gasteiger partial charge >= 0.3 is 0 Å². The van der Waals surface area contributed by atoms with Crippen LogP contribution < -0.4 is 5.32 Å². The van der Waals surface area contributed by atoms with Crippen molar-refractivity contribution in [2.75, 3.05) is 19.6 Å². The molecule has 1 aromatic rings. The van der Waals surface area contributed by atoms with Crippen molar-refractivity contribution in [3.05, 3.63) is 35.6 Å². The third-order valence-electron chi connectivity index (χ3n) is 3.65. The summed E-state index contributed by atoms with van der Waals surface area (Å²) in [5, 5.41) is 2.81. The van der Waals surface area contributed by atoms with Crippen molar-refractivity contribution in [1.29, 1.82) is 0 Å². The lowest BCUT2D eigenvalue weighted by molar-refractivity contribution is -0.135. The standard InChI is InChI=1S/C16H21FN2O2/c17-14-7-5-13(6-8-14)9-10-18-15(20)12-19-11-3-1-2-4-16(19)21/h5-8H,1-4,9-12H2,(H,18,20). The Morgan fingerprint density at radius 2 is 1.95 bits per heavy atom. The van der Waals surface area contributed by atoms with E-state index in [-0.39, 0.29) is 24.2 Å². The first-order valence-electron chi connectivity index (χ1n) is 7.44. The summed E-state index contributed by atoms with van der Waals surface area (Å²) in [7, 11) is 0. The molecule has 1 aliphatic heterocycles. The van der Waals surface area contributed by atoms with Gasteiger partial charge < -0.3 is 10.2 Å². The molecule has 2 amide bonds. The van der Waals surface area contributed by atoms with Gasteiger partial charge in [-0.2, -0.15) is 0 Å². The minimum atomic E-state index is -0.262. The first-order valence-corrected chi connectivity index (χ1v) is 7.44. The Hall–Kier alpha value is -1.91. The molecule has 1 aliphatic rings. The zero-order chi connectivity index (χ0) is 15.1. The summed E-state index contributed by atoms with van der Waals surface area (Å²) < 4.78 is 12.8. The number of benzene rings is 1. The number of carbonyl (C=O) groups is 2. The van der Waals surface area contributed by atoms with Gasteiger partial charge in [-0.15, -0.1) is 0 Å². The molecule has 21 heavy (non-hydrogen) atoms. The zero-order valence-corrected chi connectivity index (χ0v) is 12.1. The van der Waals surface area contributed by atoms with Crippen molar-refractivity contribution in [3.8, 4) is 0 Å². The predicted octanol–water partition coefficient (Wildman–Crippen LogP) is 1.89. The van der Waals surface area contributed by atoms with Gasteiger partial charge in [-0.05, 0) is 37.0 Å². The van der Waals surface area contributed by atoms with Crippen LogP contribution in [0, 0.1) is 5.82 Å². The average Bonchev–Trinajstić information content (AvgIpc) is 2.66. The summed E-state index contributed by atoms with van der Waals surface area (Å²) in [6.07, 6.45) is 4.13. The third-order valence-corrected chi connectivity index (χ3v) is 3.65. The van der Waals surface area contributed by atoms with Crippen molar-refractivity contribution < 1.29 is 14.0 Å². The van der Waals surface area contributed by atoms with E-state index in [0.29, 0.717) is 25.9 Å². The van der Waals surface area contributed by atoms with Crippen molar-refractivity contribution >= 4 is 11.8 Å². The number of hydrogen-bond acceptors (Lipinski definition) is 2. The Kier molecular flexibility index (Phi) is 5.72. The van der Waals surface area contributed by atoms with Gasteiger partial charge in [0.15, 0.2) is 0 Å². The number of carbonyl (C=O) groups excluding carboxylic acids is 2. The molecule has 0 atom stereocenters. The lowest BCUT2D eigenvalue weighted by Crippen LogP contribution is -2.41. The highest BCUT2D eigenvalue weighted by molar-refractivity contribution is 5.84. The molecular formula is C16H21FN2O2. The van der Waals surface area contributed by atoms with E-state index in [1.54, 1.807) is 17.0 Å². The quantitative estimate of drug-likeness (QED) is 0.901. The number of amides is 2. The van der Waals surface area contributed by atoms with Gasteiger partial charge in [-0.3, -0.25) is 9.59 Å². The molecule has 1 heterocycles. The second-order valence-electron chi connectivity index (χ2n) is 5.35. The van der Waals surface area contributed by atoms with E-state index in [2.05, 4.69) is 5.32 Å². The maximum absolute atomic E-state index is 12.8. The summed E-state index contributed by atoms with van der Waals surface area (Å²) in [6, 6.07) is 6.24. The van der Waals surface area contributed by atoms with Crippen LogP contribution in [0.2, 0.25) is 0 Å². The van der Waals surface area contributed by atoms with E-state index in [9.17, 15) is 14.0 Å². The number of hydrogen-bond donors (Lipinski definition) is 1. The van der Waals surface area contributed by atoms with Gasteiger partial charge in [0.25, 0.3) is 0 Å². The summed E-state index contributed by atoms with van der Waals surface area (Å²) in [4.78, 5) is 25.3. The lowest BCUT2D eigenvalue weighted by Gasteiger charge is -2.19. The SMILES string of the molecule is O=C(CN1CCCCCC1=O)NCCc1ccc(F)cc1. The van der Waals surface area contributed by atoms with Crippen molar-refractivity contribution in [3.63, 3.8) is 0 Å². The molecule has 1 aromatic carbocycles. The average molecular weight is 292 g/mol. The molecule has 0 unspecified atom stereocenters. The molecule has 1 N–H and O–H groups in total. The molecule has 0 saturated carbocycles. The fourth-order valence-electron chi connectivity index (χ4n) is 2.43. The van der Waals surface area contributed by atoms with E-state index >= 15 is 0 Å². The maximum atomic E-state index is 12.8. The van der Waals surface area contributed by atoms with Crippen molar-refractivity contribution in [2.45, 2.75) is 32.1 Å². The molecule has 0 bridgehead atoms. The van der Waals surface area contributed by atoms with Gasteiger partial charge in [0, 0.05) is 19.5 Å². The Bertz CT molecular complexity index is 488. The third kappa shape index (κ3) is 5.17. The van der Waals surface area contributed by atoms with Crippen LogP contribution in [0.5, 0.6) is 0 Å². The fourth-order valence-corrected chi connectivity index (χ4v) is 2.43. The fraction of sp³-hybridized carbons (Fsp3) is 0.500. The Morgan fingerprint density at radius 1 is 1.19 bits per heavy atom. The minimum absolute atomic E-state index is 0.0705. The topological polar surface area (TPSA) is 49.4 Å². The highest BCUT2D eigenvalue weighted by Crippen LogP contribution is 2.10. The first kappa shape index (κ1) is 15.5. The van der Waals surface area contributed by atoms with E-state index in [1.165, 1.54) is 12.1 Å². The predicted molar refractivity (Wildman–Crippen MR) is 78.2 cm³/mol. The molecule has 114 valence electrons. The van der Waals surface area contributed by atoms with Crippen LogP contribution in [0.1, 0.15) is 31.2 Å². The van der Waals surface area contributed by atoms with Crippen LogP contribution in [-0.2, 0) is 16.0 Å². The molecule has 0 spiro atoms. The molecule has 1 fully saturated rings. The van der Waals surface area contributed by atoms with Crippen LogP contribution in [0.3, 0.4) is 0 Å². The summed E-state index contributed by atoms with van der Waals surface area (Å²) in [5.74, 6) is -0.323. The van der Waals surface area contributed by atoms with E-state index < -0.39 is 0 Å². The van der Waals surface area contributed by atoms with E-state index in [1.807, 2.05) is 0 Å². The number of rotatable bonds is 5. The molecule has 1 saturated heterocycles. The van der Waals surface area contributed by atoms with Gasteiger partial charge in [0.05, 0.1) is 6.54 Å². The summed E-state index contributed by atoms with van der Waals surface area (Å²) >= 11 is 0. The molecule has 4 nitrogen and oxygen atoms in total. The lowest BCUT2D eigenvalue weighted by atomic mass is 10.1. The van der Waals surface area contributed by atoms with Crippen molar-refractivity contribution in [1.82, 2.24) is 10.2 Å². The molecule has 0 radical (unpaired) electrons. The molecule has 5 heteroatoms. The second kappa shape index (κ2) is 7.76. The molecule has 2 rings (SSSR count). The highest BCUT2D eigenvalue weighted by atomic mass is 19.1. The van der Waals surface area contributed by atoms with Crippen molar-refractivity contribution in [2.24, 2.45) is 0 Å². The van der Waals surface area contributed by atoms with Crippen LogP contribution in [0.25, 0.3) is 0 Å². The highest BCUT2D eigenvalue weighted by Gasteiger charge is 2.18. The summed E-state index contributed by atoms with van der Waals surface area (Å²) in [5.41, 5.74) is 0.975. The molecule has 0 aliphatic carbocycles. The van der Waals surface area contributed by atoms with Gasteiger partial charge in [-0.25, -0.2) is 4.39 Å². The monoisotopic (exact) mass is 292 g/mol. The van der Waals surface area contributed by atoms with Crippen LogP contribution in [0.4, 0.5) is 4.39 Å². The normalized spacial score (nSPS) is 15.7. The van der Waals surface area contributed by atoms with E-state index in [0.717, 1.165) is 24.8 Å². The van der Waals surface area contributed by atoms with Gasteiger partial charge in [-0.1, -0.05) is 18.6 Å². The largest absolute Gasteiger partial charge is 0.354 e. The first-order chi connectivity index (χ1) is 10.1. The smallest absolute Gasteiger partial charge is 0.239 e. The van der Waals surface area contributed by atoms with Gasteiger partial charge in [0.1, 0.15) is 5.82 Å². The summed E-state index contributed by atoms with van der Waals surface area (Å²) in [6.45, 7) is 1.30. The Balaban J connectivity index is 1.71. The Labute approximate surface area is 124 Å².